The lowest BCUT2D eigenvalue weighted by molar-refractivity contribution is 0.0461. The third-order valence-electron chi connectivity index (χ3n) is 2.41. The van der Waals surface area contributed by atoms with Crippen LogP contribution in [0.3, 0.4) is 0 Å². The first-order valence-corrected chi connectivity index (χ1v) is 4.41. The summed E-state index contributed by atoms with van der Waals surface area (Å²) < 4.78 is 4.59. The van der Waals surface area contributed by atoms with Crippen molar-refractivity contribution in [2.45, 2.75) is 13.5 Å². The molecule has 0 aliphatic carbocycles. The average Bonchev–Trinajstić information content (AvgIpc) is 2.43. The van der Waals surface area contributed by atoms with E-state index in [9.17, 15) is 0 Å². The van der Waals surface area contributed by atoms with Crippen LogP contribution < -0.4 is 0 Å². The summed E-state index contributed by atoms with van der Waals surface area (Å²) >= 11 is 0. The van der Waals surface area contributed by atoms with E-state index in [4.69, 9.17) is 5.11 Å². The highest BCUT2D eigenvalue weighted by Crippen LogP contribution is 2.17. The highest BCUT2D eigenvalue weighted by atomic mass is 16.6. The van der Waals surface area contributed by atoms with Crippen molar-refractivity contribution in [1.29, 1.82) is 0 Å². The van der Waals surface area contributed by atoms with E-state index in [1.54, 1.807) is 0 Å². The monoisotopic (exact) mass is 183 g/mol. The maximum atomic E-state index is 8.81. The standard InChI is InChI=1S/C8H13N3O2/c1-6-8(10-13-9-6)4-11-2-7(3-11)5-12/h7,12H,2-5H2,1H3. The summed E-state index contributed by atoms with van der Waals surface area (Å²) in [5, 5.41) is 16.3. The van der Waals surface area contributed by atoms with Crippen molar-refractivity contribution in [3.8, 4) is 0 Å². The third-order valence-corrected chi connectivity index (χ3v) is 2.41. The first-order chi connectivity index (χ1) is 6.29. The Hall–Kier alpha value is -0.940. The van der Waals surface area contributed by atoms with E-state index in [2.05, 4.69) is 19.8 Å². The topological polar surface area (TPSA) is 62.4 Å². The molecule has 0 aromatic carbocycles. The Labute approximate surface area is 76.3 Å². The van der Waals surface area contributed by atoms with Gasteiger partial charge in [0.25, 0.3) is 0 Å². The molecule has 2 rings (SSSR count). The van der Waals surface area contributed by atoms with E-state index in [1.165, 1.54) is 0 Å². The van der Waals surface area contributed by atoms with Crippen molar-refractivity contribution in [1.82, 2.24) is 15.2 Å². The fourth-order valence-electron chi connectivity index (χ4n) is 1.53. The molecule has 72 valence electrons. The molecule has 0 spiro atoms. The Morgan fingerprint density at radius 2 is 2.31 bits per heavy atom. The molecular formula is C8H13N3O2. The summed E-state index contributed by atoms with van der Waals surface area (Å²) in [7, 11) is 0. The molecule has 0 bridgehead atoms. The largest absolute Gasteiger partial charge is 0.396 e. The van der Waals surface area contributed by atoms with Crippen LogP contribution in [-0.4, -0.2) is 40.0 Å². The van der Waals surface area contributed by atoms with E-state index >= 15 is 0 Å². The number of aliphatic hydroxyl groups is 1. The number of aryl methyl sites for hydroxylation is 1. The van der Waals surface area contributed by atoms with Gasteiger partial charge in [-0.25, -0.2) is 4.63 Å². The molecule has 0 saturated carbocycles. The van der Waals surface area contributed by atoms with Gasteiger partial charge in [0.2, 0.25) is 0 Å². The number of rotatable bonds is 3. The Morgan fingerprint density at radius 3 is 2.85 bits per heavy atom. The SMILES string of the molecule is Cc1nonc1CN1CC(CO)C1. The third kappa shape index (κ3) is 1.71. The molecule has 5 nitrogen and oxygen atoms in total. The smallest absolute Gasteiger partial charge is 0.122 e. The molecule has 13 heavy (non-hydrogen) atoms. The van der Waals surface area contributed by atoms with Gasteiger partial charge in [-0.05, 0) is 6.92 Å². The van der Waals surface area contributed by atoms with Gasteiger partial charge in [-0.1, -0.05) is 10.3 Å². The molecule has 1 aliphatic heterocycles. The fraction of sp³-hybridized carbons (Fsp3) is 0.750. The van der Waals surface area contributed by atoms with Crippen molar-refractivity contribution in [2.75, 3.05) is 19.7 Å². The van der Waals surface area contributed by atoms with Gasteiger partial charge in [0.1, 0.15) is 11.4 Å². The Morgan fingerprint density at radius 1 is 1.54 bits per heavy atom. The molecule has 1 fully saturated rings. The second-order valence-corrected chi connectivity index (χ2v) is 3.54. The molecular weight excluding hydrogens is 170 g/mol. The zero-order chi connectivity index (χ0) is 9.26. The molecule has 0 amide bonds. The van der Waals surface area contributed by atoms with Gasteiger partial charge in [-0.3, -0.25) is 4.90 Å². The molecule has 0 atom stereocenters. The van der Waals surface area contributed by atoms with Crippen LogP contribution in [-0.2, 0) is 6.54 Å². The number of hydrogen-bond acceptors (Lipinski definition) is 5. The molecule has 2 heterocycles. The van der Waals surface area contributed by atoms with E-state index in [1.807, 2.05) is 6.92 Å². The van der Waals surface area contributed by atoms with Gasteiger partial charge < -0.3 is 5.11 Å². The Bertz CT molecular complexity index is 281. The van der Waals surface area contributed by atoms with Crippen molar-refractivity contribution >= 4 is 0 Å². The van der Waals surface area contributed by atoms with Crippen LogP contribution in [0.1, 0.15) is 11.4 Å². The van der Waals surface area contributed by atoms with Crippen LogP contribution in [0, 0.1) is 12.8 Å². The first-order valence-electron chi connectivity index (χ1n) is 4.41. The Kier molecular flexibility index (Phi) is 2.28. The number of aromatic nitrogens is 2. The van der Waals surface area contributed by atoms with Crippen molar-refractivity contribution in [2.24, 2.45) is 5.92 Å². The molecule has 1 aliphatic rings. The van der Waals surface area contributed by atoms with E-state index in [0.717, 1.165) is 31.0 Å². The van der Waals surface area contributed by atoms with E-state index < -0.39 is 0 Å². The fourth-order valence-corrected chi connectivity index (χ4v) is 1.53. The molecule has 1 aromatic heterocycles. The van der Waals surface area contributed by atoms with E-state index in [-0.39, 0.29) is 6.61 Å². The second-order valence-electron chi connectivity index (χ2n) is 3.54. The molecule has 1 N–H and O–H groups in total. The van der Waals surface area contributed by atoms with Crippen LogP contribution in [0.2, 0.25) is 0 Å². The Balaban J connectivity index is 1.84. The van der Waals surface area contributed by atoms with Gasteiger partial charge in [-0.15, -0.1) is 0 Å². The summed E-state index contributed by atoms with van der Waals surface area (Å²) in [5.74, 6) is 0.445. The minimum atomic E-state index is 0.284. The van der Waals surface area contributed by atoms with Crippen molar-refractivity contribution in [3.63, 3.8) is 0 Å². The normalized spacial score (nSPS) is 18.9. The summed E-state index contributed by atoms with van der Waals surface area (Å²) in [4.78, 5) is 2.22. The average molecular weight is 183 g/mol. The maximum absolute atomic E-state index is 8.81. The first kappa shape index (κ1) is 8.65. The number of nitrogens with zero attached hydrogens (tertiary/aromatic N) is 3. The van der Waals surface area contributed by atoms with Gasteiger partial charge in [0.15, 0.2) is 0 Å². The predicted molar refractivity (Wildman–Crippen MR) is 44.9 cm³/mol. The molecule has 1 aromatic rings. The van der Waals surface area contributed by atoms with Gasteiger partial charge in [-0.2, -0.15) is 0 Å². The minimum absolute atomic E-state index is 0.284. The van der Waals surface area contributed by atoms with Crippen LogP contribution in [0.15, 0.2) is 4.63 Å². The lowest BCUT2D eigenvalue weighted by Gasteiger charge is -2.37. The quantitative estimate of drug-likeness (QED) is 0.703. The predicted octanol–water partition coefficient (Wildman–Crippen LogP) is -0.198. The number of hydrogen-bond donors (Lipinski definition) is 1. The summed E-state index contributed by atoms with van der Waals surface area (Å²) in [6, 6.07) is 0. The number of likely N-dealkylation sites (tertiary alicyclic amines) is 1. The van der Waals surface area contributed by atoms with E-state index in [0.29, 0.717) is 5.92 Å². The van der Waals surface area contributed by atoms with Gasteiger partial charge in [0.05, 0.1) is 0 Å². The van der Waals surface area contributed by atoms with Crippen LogP contribution in [0.5, 0.6) is 0 Å². The summed E-state index contributed by atoms with van der Waals surface area (Å²) in [6.45, 7) is 4.85. The highest BCUT2D eigenvalue weighted by Gasteiger charge is 2.26. The van der Waals surface area contributed by atoms with Gasteiger partial charge >= 0.3 is 0 Å². The molecule has 5 heteroatoms. The van der Waals surface area contributed by atoms with Crippen molar-refractivity contribution in [3.05, 3.63) is 11.4 Å². The zero-order valence-electron chi connectivity index (χ0n) is 7.60. The lowest BCUT2D eigenvalue weighted by atomic mass is 10.0. The molecule has 0 radical (unpaired) electrons. The number of aliphatic hydroxyl groups excluding tert-OH is 1. The molecule has 0 unspecified atom stereocenters. The highest BCUT2D eigenvalue weighted by molar-refractivity contribution is 5.05. The lowest BCUT2D eigenvalue weighted by Crippen LogP contribution is -2.47. The maximum Gasteiger partial charge on any atom is 0.122 e. The van der Waals surface area contributed by atoms with Crippen LogP contribution >= 0.6 is 0 Å². The summed E-state index contributed by atoms with van der Waals surface area (Å²) in [6.07, 6.45) is 0. The minimum Gasteiger partial charge on any atom is -0.396 e. The second kappa shape index (κ2) is 3.43. The van der Waals surface area contributed by atoms with Gasteiger partial charge in [0, 0.05) is 32.2 Å². The van der Waals surface area contributed by atoms with Crippen LogP contribution in [0.25, 0.3) is 0 Å². The van der Waals surface area contributed by atoms with Crippen LogP contribution in [0.4, 0.5) is 0 Å². The zero-order valence-corrected chi connectivity index (χ0v) is 7.60. The van der Waals surface area contributed by atoms with Crippen molar-refractivity contribution < 1.29 is 9.74 Å². The summed E-state index contributed by atoms with van der Waals surface area (Å²) in [5.41, 5.74) is 1.75. The molecule has 1 saturated heterocycles.